The van der Waals surface area contributed by atoms with Crippen molar-refractivity contribution >= 4 is 0 Å². The SMILES string of the molecule is CC.CC(C)C1NCC2CCNCC21. The molecule has 2 aliphatic heterocycles. The van der Waals surface area contributed by atoms with Crippen molar-refractivity contribution in [3.8, 4) is 0 Å². The molecule has 3 unspecified atom stereocenters. The van der Waals surface area contributed by atoms with Gasteiger partial charge in [0, 0.05) is 6.04 Å². The van der Waals surface area contributed by atoms with Crippen LogP contribution >= 0.6 is 0 Å². The van der Waals surface area contributed by atoms with E-state index in [9.17, 15) is 0 Å². The van der Waals surface area contributed by atoms with Crippen molar-refractivity contribution in [2.75, 3.05) is 19.6 Å². The lowest BCUT2D eigenvalue weighted by atomic mass is 9.82. The number of fused-ring (bicyclic) bond motifs is 1. The molecule has 2 aliphatic rings. The lowest BCUT2D eigenvalue weighted by Crippen LogP contribution is -2.42. The third-order valence-corrected chi connectivity index (χ3v) is 3.47. The van der Waals surface area contributed by atoms with E-state index in [1.807, 2.05) is 13.8 Å². The molecule has 0 aliphatic carbocycles. The molecular weight excluding hydrogens is 172 g/mol. The summed E-state index contributed by atoms with van der Waals surface area (Å²) in [7, 11) is 0. The monoisotopic (exact) mass is 198 g/mol. The molecule has 3 atom stereocenters. The van der Waals surface area contributed by atoms with E-state index in [4.69, 9.17) is 0 Å². The molecule has 2 rings (SSSR count). The number of nitrogens with one attached hydrogen (secondary N) is 2. The number of hydrogen-bond acceptors (Lipinski definition) is 2. The highest BCUT2D eigenvalue weighted by Gasteiger charge is 2.38. The van der Waals surface area contributed by atoms with Crippen molar-refractivity contribution in [2.24, 2.45) is 17.8 Å². The van der Waals surface area contributed by atoms with Crippen molar-refractivity contribution in [2.45, 2.75) is 40.2 Å². The molecule has 0 amide bonds. The molecule has 2 heterocycles. The lowest BCUT2D eigenvalue weighted by Gasteiger charge is -2.30. The van der Waals surface area contributed by atoms with Crippen molar-refractivity contribution in [1.82, 2.24) is 10.6 Å². The average molecular weight is 198 g/mol. The first-order valence-electron chi connectivity index (χ1n) is 6.23. The third-order valence-electron chi connectivity index (χ3n) is 3.47. The molecule has 14 heavy (non-hydrogen) atoms. The van der Waals surface area contributed by atoms with Gasteiger partial charge in [0.2, 0.25) is 0 Å². The highest BCUT2D eigenvalue weighted by molar-refractivity contribution is 4.95. The highest BCUT2D eigenvalue weighted by atomic mass is 15.0. The molecule has 0 aromatic carbocycles. The summed E-state index contributed by atoms with van der Waals surface area (Å²) in [5.41, 5.74) is 0. The van der Waals surface area contributed by atoms with Gasteiger partial charge in [-0.3, -0.25) is 0 Å². The van der Waals surface area contributed by atoms with E-state index in [-0.39, 0.29) is 0 Å². The smallest absolute Gasteiger partial charge is 0.0134 e. The molecule has 0 spiro atoms. The zero-order chi connectivity index (χ0) is 10.6. The second kappa shape index (κ2) is 5.72. The predicted molar refractivity (Wildman–Crippen MR) is 62.4 cm³/mol. The van der Waals surface area contributed by atoms with Gasteiger partial charge in [-0.1, -0.05) is 27.7 Å². The highest BCUT2D eigenvalue weighted by Crippen LogP contribution is 2.30. The van der Waals surface area contributed by atoms with Crippen molar-refractivity contribution in [3.05, 3.63) is 0 Å². The van der Waals surface area contributed by atoms with Gasteiger partial charge in [-0.05, 0) is 43.8 Å². The Kier molecular flexibility index (Phi) is 4.90. The van der Waals surface area contributed by atoms with E-state index in [1.54, 1.807) is 0 Å². The summed E-state index contributed by atoms with van der Waals surface area (Å²) in [6.45, 7) is 12.4. The Bertz CT molecular complexity index is 156. The number of hydrogen-bond donors (Lipinski definition) is 2. The molecule has 2 saturated heterocycles. The van der Waals surface area contributed by atoms with Gasteiger partial charge < -0.3 is 10.6 Å². The van der Waals surface area contributed by atoms with Crippen LogP contribution in [0, 0.1) is 17.8 Å². The minimum Gasteiger partial charge on any atom is -0.316 e. The molecule has 0 saturated carbocycles. The van der Waals surface area contributed by atoms with Crippen molar-refractivity contribution in [3.63, 3.8) is 0 Å². The van der Waals surface area contributed by atoms with E-state index in [0.29, 0.717) is 0 Å². The number of rotatable bonds is 1. The van der Waals surface area contributed by atoms with Crippen molar-refractivity contribution < 1.29 is 0 Å². The van der Waals surface area contributed by atoms with E-state index in [1.165, 1.54) is 26.1 Å². The molecule has 2 heteroatoms. The molecule has 2 fully saturated rings. The topological polar surface area (TPSA) is 24.1 Å². The van der Waals surface area contributed by atoms with Crippen molar-refractivity contribution in [1.29, 1.82) is 0 Å². The van der Waals surface area contributed by atoms with Gasteiger partial charge in [0.25, 0.3) is 0 Å². The molecule has 84 valence electrons. The summed E-state index contributed by atoms with van der Waals surface area (Å²) in [6.07, 6.45) is 1.38. The van der Waals surface area contributed by atoms with E-state index < -0.39 is 0 Å². The van der Waals surface area contributed by atoms with Crippen LogP contribution < -0.4 is 10.6 Å². The Hall–Kier alpha value is -0.0800. The first-order valence-corrected chi connectivity index (χ1v) is 6.23. The molecule has 0 bridgehead atoms. The predicted octanol–water partition coefficient (Wildman–Crippen LogP) is 1.87. The summed E-state index contributed by atoms with van der Waals surface area (Å²) in [6, 6.07) is 0.766. The van der Waals surface area contributed by atoms with Gasteiger partial charge in [-0.2, -0.15) is 0 Å². The molecule has 0 radical (unpaired) electrons. The summed E-state index contributed by atoms with van der Waals surface area (Å²) in [5.74, 6) is 2.65. The minimum absolute atomic E-state index is 0.766. The molecule has 0 aromatic heterocycles. The Morgan fingerprint density at radius 3 is 2.50 bits per heavy atom. The minimum atomic E-state index is 0.766. The standard InChI is InChI=1S/C10H20N2.C2H6/c1-7(2)10-9-6-11-4-3-8(9)5-12-10;1-2/h7-12H,3-6H2,1-2H3;1-2H3. The molecule has 2 N–H and O–H groups in total. The Balaban J connectivity index is 0.000000461. The maximum absolute atomic E-state index is 3.66. The summed E-state index contributed by atoms with van der Waals surface area (Å²) in [4.78, 5) is 0. The molecular formula is C12H26N2. The zero-order valence-electron chi connectivity index (χ0n) is 10.1. The van der Waals surface area contributed by atoms with Gasteiger partial charge in [-0.25, -0.2) is 0 Å². The van der Waals surface area contributed by atoms with Crippen LogP contribution in [0.3, 0.4) is 0 Å². The first-order chi connectivity index (χ1) is 6.79. The normalized spacial score (nSPS) is 36.2. The van der Waals surface area contributed by atoms with E-state index in [0.717, 1.165) is 23.8 Å². The Morgan fingerprint density at radius 1 is 1.14 bits per heavy atom. The van der Waals surface area contributed by atoms with Crippen LogP contribution in [-0.4, -0.2) is 25.7 Å². The van der Waals surface area contributed by atoms with E-state index >= 15 is 0 Å². The fraction of sp³-hybridized carbons (Fsp3) is 1.00. The van der Waals surface area contributed by atoms with Crippen LogP contribution in [0.5, 0.6) is 0 Å². The maximum atomic E-state index is 3.66. The van der Waals surface area contributed by atoms with Gasteiger partial charge in [0.15, 0.2) is 0 Å². The van der Waals surface area contributed by atoms with Crippen LogP contribution in [0.4, 0.5) is 0 Å². The van der Waals surface area contributed by atoms with Gasteiger partial charge in [-0.15, -0.1) is 0 Å². The second-order valence-electron chi connectivity index (χ2n) is 4.59. The van der Waals surface area contributed by atoms with Gasteiger partial charge >= 0.3 is 0 Å². The largest absolute Gasteiger partial charge is 0.316 e. The van der Waals surface area contributed by atoms with Crippen LogP contribution in [0.15, 0.2) is 0 Å². The first kappa shape index (κ1) is 12.0. The van der Waals surface area contributed by atoms with Crippen LogP contribution in [0.1, 0.15) is 34.1 Å². The van der Waals surface area contributed by atoms with Gasteiger partial charge in [0.05, 0.1) is 0 Å². The number of piperidine rings is 1. The Labute approximate surface area is 88.8 Å². The van der Waals surface area contributed by atoms with Crippen LogP contribution in [0.25, 0.3) is 0 Å². The van der Waals surface area contributed by atoms with E-state index in [2.05, 4.69) is 24.5 Å². The summed E-state index contributed by atoms with van der Waals surface area (Å²) < 4.78 is 0. The van der Waals surface area contributed by atoms with Gasteiger partial charge in [0.1, 0.15) is 0 Å². The quantitative estimate of drug-likeness (QED) is 0.672. The van der Waals surface area contributed by atoms with Crippen LogP contribution in [0.2, 0.25) is 0 Å². The molecule has 2 nitrogen and oxygen atoms in total. The average Bonchev–Trinajstić information content (AvgIpc) is 2.64. The molecule has 0 aromatic rings. The fourth-order valence-corrected chi connectivity index (χ4v) is 2.78. The van der Waals surface area contributed by atoms with Crippen LogP contribution in [-0.2, 0) is 0 Å². The summed E-state index contributed by atoms with van der Waals surface area (Å²) >= 11 is 0. The Morgan fingerprint density at radius 2 is 1.86 bits per heavy atom. The third kappa shape index (κ3) is 2.48. The second-order valence-corrected chi connectivity index (χ2v) is 4.59. The summed E-state index contributed by atoms with van der Waals surface area (Å²) in [5, 5.41) is 7.16. The fourth-order valence-electron chi connectivity index (χ4n) is 2.78. The lowest BCUT2D eigenvalue weighted by molar-refractivity contribution is 0.252. The maximum Gasteiger partial charge on any atom is 0.0134 e. The zero-order valence-corrected chi connectivity index (χ0v) is 10.1.